The van der Waals surface area contributed by atoms with Crippen LogP contribution in [0.1, 0.15) is 150 Å². The van der Waals surface area contributed by atoms with Gasteiger partial charge in [-0.25, -0.2) is 19.2 Å². The Bertz CT molecular complexity index is 3510. The number of hydrogen-bond donors (Lipinski definition) is 0. The number of rotatable bonds is 6. The van der Waals surface area contributed by atoms with Gasteiger partial charge in [-0.05, 0) is 218 Å². The number of aromatic nitrogens is 2. The molecule has 0 bridgehead atoms. The van der Waals surface area contributed by atoms with Gasteiger partial charge < -0.3 is 42.3 Å². The molecule has 7 rings (SSSR count). The third-order valence-electron chi connectivity index (χ3n) is 11.0. The van der Waals surface area contributed by atoms with Crippen LogP contribution in [0, 0.1) is 75.1 Å². The predicted octanol–water partition coefficient (Wildman–Crippen LogP) is 15.5. The number of ether oxygens (including phenoxy) is 8. The van der Waals surface area contributed by atoms with E-state index >= 15 is 0 Å². The van der Waals surface area contributed by atoms with Gasteiger partial charge in [0.25, 0.3) is 0 Å². The van der Waals surface area contributed by atoms with Crippen molar-refractivity contribution in [3.05, 3.63) is 176 Å². The van der Waals surface area contributed by atoms with Gasteiger partial charge in [0.05, 0.1) is 22.3 Å². The van der Waals surface area contributed by atoms with E-state index in [1.807, 2.05) is 27.7 Å². The van der Waals surface area contributed by atoms with Crippen molar-refractivity contribution in [1.29, 1.82) is 0 Å². The van der Waals surface area contributed by atoms with Crippen molar-refractivity contribution in [2.24, 2.45) is 0 Å². The Balaban J connectivity index is 1.36. The lowest BCUT2D eigenvalue weighted by molar-refractivity contribution is 0.0192. The van der Waals surface area contributed by atoms with Crippen molar-refractivity contribution < 1.29 is 61.5 Å². The van der Waals surface area contributed by atoms with E-state index in [0.29, 0.717) is 55.6 Å². The monoisotopic (exact) mass is 1140 g/mol. The molecule has 0 amide bonds. The van der Waals surface area contributed by atoms with Gasteiger partial charge in [-0.15, -0.1) is 10.2 Å². The molecule has 1 heterocycles. The van der Waals surface area contributed by atoms with Crippen molar-refractivity contribution in [3.8, 4) is 93.3 Å². The summed E-state index contributed by atoms with van der Waals surface area (Å²) in [6.45, 7) is 28.4. The van der Waals surface area contributed by atoms with E-state index in [4.69, 9.17) is 42.3 Å². The molecule has 0 aliphatic heterocycles. The van der Waals surface area contributed by atoms with Crippen LogP contribution in [0.5, 0.6) is 23.0 Å². The fourth-order valence-electron chi connectivity index (χ4n) is 7.57. The molecule has 15 heteroatoms. The van der Waals surface area contributed by atoms with Crippen molar-refractivity contribution in [2.75, 3.05) is 0 Å². The second-order valence-corrected chi connectivity index (χ2v) is 23.8. The first-order valence-electron chi connectivity index (χ1n) is 27.1. The quantitative estimate of drug-likeness (QED) is 0.0663. The van der Waals surface area contributed by atoms with Crippen molar-refractivity contribution in [2.45, 2.75) is 133 Å². The molecular formula is C70H66N2O13. The average Bonchev–Trinajstić information content (AvgIpc) is 3.52. The summed E-state index contributed by atoms with van der Waals surface area (Å²) in [4.78, 5) is 51.3. The molecule has 0 radical (unpaired) electrons. The van der Waals surface area contributed by atoms with Gasteiger partial charge in [-0.2, -0.15) is 0 Å². The first-order valence-corrected chi connectivity index (χ1v) is 27.1. The number of hydrogen-bond acceptors (Lipinski definition) is 15. The summed E-state index contributed by atoms with van der Waals surface area (Å²) in [5.74, 6) is 26.4. The zero-order valence-corrected chi connectivity index (χ0v) is 50.6. The average molecular weight is 1140 g/mol. The van der Waals surface area contributed by atoms with Crippen LogP contribution < -0.4 is 18.9 Å². The zero-order chi connectivity index (χ0) is 62.0. The molecule has 0 fully saturated rings. The van der Waals surface area contributed by atoms with Crippen LogP contribution in [0.15, 0.2) is 114 Å². The van der Waals surface area contributed by atoms with Crippen molar-refractivity contribution in [3.63, 3.8) is 0 Å². The Labute approximate surface area is 496 Å². The molecule has 0 aliphatic carbocycles. The predicted molar refractivity (Wildman–Crippen MR) is 321 cm³/mol. The molecule has 0 spiro atoms. The zero-order valence-electron chi connectivity index (χ0n) is 50.6. The van der Waals surface area contributed by atoms with Crippen LogP contribution in [0.25, 0.3) is 22.9 Å². The highest BCUT2D eigenvalue weighted by Crippen LogP contribution is 2.30. The Hall–Kier alpha value is -10.2. The molecule has 0 unspecified atom stereocenters. The van der Waals surface area contributed by atoms with Crippen molar-refractivity contribution in [1.82, 2.24) is 10.2 Å². The van der Waals surface area contributed by atoms with Gasteiger partial charge >= 0.3 is 24.6 Å². The van der Waals surface area contributed by atoms with E-state index < -0.39 is 47.0 Å². The number of benzene rings is 6. The van der Waals surface area contributed by atoms with Gasteiger partial charge in [0.2, 0.25) is 11.8 Å². The maximum Gasteiger partial charge on any atom is 0.514 e. The number of aryl methyl sites for hydroxylation is 4. The van der Waals surface area contributed by atoms with Gasteiger partial charge in [-0.3, -0.25) is 0 Å². The standard InChI is InChI=1S/C70H66N2O13/c1-43-17-29-57(77-63(73)82-67(5,6)7)51(33-43)25-21-47-37-48(22-26-52-34-44(2)18-30-58(52)78-64(74)83-68(8,9)10)40-55(39-47)61-71-72-62(81-61)56-41-49(23-27-53-35-45(3)19-31-59(53)79-65(75)84-69(11,12)13)38-50(42-56)24-28-54-36-46(4)20-32-60(54)80-66(76)85-70(14,15)16/h17-20,29-42H,1-16H3. The second-order valence-electron chi connectivity index (χ2n) is 23.8. The van der Waals surface area contributed by atoms with Gasteiger partial charge in [0.1, 0.15) is 45.4 Å². The normalized spacial score (nSPS) is 11.1. The molecule has 85 heavy (non-hydrogen) atoms. The topological polar surface area (TPSA) is 181 Å². The largest absolute Gasteiger partial charge is 0.514 e. The summed E-state index contributed by atoms with van der Waals surface area (Å²) in [6, 6.07) is 31.5. The molecule has 7 aromatic rings. The second kappa shape index (κ2) is 25.9. The van der Waals surface area contributed by atoms with E-state index in [9.17, 15) is 19.2 Å². The fourth-order valence-corrected chi connectivity index (χ4v) is 7.57. The Kier molecular flexibility index (Phi) is 19.0. The maximum absolute atomic E-state index is 12.8. The molecule has 6 aromatic carbocycles. The molecule has 1 aromatic heterocycles. The summed E-state index contributed by atoms with van der Waals surface area (Å²) in [5, 5.41) is 9.01. The van der Waals surface area contributed by atoms with E-state index in [2.05, 4.69) is 57.6 Å². The van der Waals surface area contributed by atoms with E-state index in [1.165, 1.54) is 0 Å². The van der Waals surface area contributed by atoms with Crippen LogP contribution in [0.2, 0.25) is 0 Å². The third kappa shape index (κ3) is 19.7. The van der Waals surface area contributed by atoms with E-state index in [1.54, 1.807) is 192 Å². The first kappa shape index (κ1) is 62.4. The highest BCUT2D eigenvalue weighted by Gasteiger charge is 2.23. The minimum atomic E-state index is -0.885. The summed E-state index contributed by atoms with van der Waals surface area (Å²) in [7, 11) is 0. The molecule has 0 atom stereocenters. The van der Waals surface area contributed by atoms with Crippen LogP contribution in [-0.4, -0.2) is 57.2 Å². The minimum Gasteiger partial charge on any atom is -0.428 e. The van der Waals surface area contributed by atoms with Gasteiger partial charge in [0, 0.05) is 33.4 Å². The molecule has 0 saturated heterocycles. The van der Waals surface area contributed by atoms with Crippen molar-refractivity contribution >= 4 is 24.6 Å². The maximum atomic E-state index is 12.8. The van der Waals surface area contributed by atoms with Crippen LogP contribution in [0.4, 0.5) is 19.2 Å². The summed E-state index contributed by atoms with van der Waals surface area (Å²) < 4.78 is 50.7. The summed E-state index contributed by atoms with van der Waals surface area (Å²) >= 11 is 0. The fraction of sp³-hybridized carbons (Fsp3) is 0.286. The molecule has 0 saturated carbocycles. The SMILES string of the molecule is Cc1ccc(OC(=O)OC(C)(C)C)c(C#Cc2cc(C#Cc3cc(C)ccc3OC(=O)OC(C)(C)C)cc(-c3nnc(-c4cc(C#Cc5cc(C)ccc5OC(=O)OC(C)(C)C)cc(C#Cc5cc(C)ccc5OC(=O)OC(C)(C)C)c4)o3)c2)c1. The molecule has 15 nitrogen and oxygen atoms in total. The lowest BCUT2D eigenvalue weighted by Crippen LogP contribution is -2.26. The smallest absolute Gasteiger partial charge is 0.428 e. The highest BCUT2D eigenvalue weighted by atomic mass is 16.7. The Morgan fingerprint density at radius 1 is 0.329 bits per heavy atom. The summed E-state index contributed by atoms with van der Waals surface area (Å²) in [5.41, 5.74) is 4.67. The van der Waals surface area contributed by atoms with Gasteiger partial charge in [0.15, 0.2) is 0 Å². The first-order chi connectivity index (χ1) is 39.8. The lowest BCUT2D eigenvalue weighted by atomic mass is 10.0. The molecule has 434 valence electrons. The summed E-state index contributed by atoms with van der Waals surface area (Å²) in [6.07, 6.45) is -3.54. The van der Waals surface area contributed by atoms with Gasteiger partial charge in [-0.1, -0.05) is 71.6 Å². The Morgan fingerprint density at radius 2 is 0.553 bits per heavy atom. The number of nitrogens with zero attached hydrogens (tertiary/aromatic N) is 2. The molecular weight excluding hydrogens is 1080 g/mol. The highest BCUT2D eigenvalue weighted by molar-refractivity contribution is 5.72. The number of carbonyl (C=O) groups is 4. The molecule has 0 aliphatic rings. The number of carbonyl (C=O) groups excluding carboxylic acids is 4. The van der Waals surface area contributed by atoms with Crippen LogP contribution in [-0.2, 0) is 18.9 Å². The van der Waals surface area contributed by atoms with E-state index in [-0.39, 0.29) is 34.8 Å². The lowest BCUT2D eigenvalue weighted by Gasteiger charge is -2.19. The molecule has 0 N–H and O–H groups in total. The minimum absolute atomic E-state index is 0.0900. The Morgan fingerprint density at radius 3 is 0.765 bits per heavy atom. The van der Waals surface area contributed by atoms with Crippen LogP contribution in [0.3, 0.4) is 0 Å². The third-order valence-corrected chi connectivity index (χ3v) is 11.0. The van der Waals surface area contributed by atoms with E-state index in [0.717, 1.165) is 22.3 Å². The van der Waals surface area contributed by atoms with Crippen LogP contribution >= 0.6 is 0 Å².